The van der Waals surface area contributed by atoms with Crippen molar-refractivity contribution >= 4 is 21.7 Å². The van der Waals surface area contributed by atoms with Gasteiger partial charge in [-0.25, -0.2) is 24.0 Å². The zero-order chi connectivity index (χ0) is 13.6. The summed E-state index contributed by atoms with van der Waals surface area (Å²) in [6, 6.07) is 2.87. The van der Waals surface area contributed by atoms with Gasteiger partial charge in [0.1, 0.15) is 4.90 Å². The zero-order valence-corrected chi connectivity index (χ0v) is 10.6. The van der Waals surface area contributed by atoms with Crippen molar-refractivity contribution in [2.75, 3.05) is 18.5 Å². The van der Waals surface area contributed by atoms with E-state index in [0.717, 1.165) is 0 Å². The Hall–Kier alpha value is -1.71. The van der Waals surface area contributed by atoms with Gasteiger partial charge in [0.15, 0.2) is 5.82 Å². The lowest BCUT2D eigenvalue weighted by molar-refractivity contribution is -0.118. The summed E-state index contributed by atoms with van der Waals surface area (Å²) in [6.45, 7) is 1.65. The highest BCUT2D eigenvalue weighted by molar-refractivity contribution is 7.89. The van der Waals surface area contributed by atoms with Crippen molar-refractivity contribution in [1.29, 1.82) is 0 Å². The molecule has 1 heterocycles. The molecule has 1 amide bonds. The molecule has 0 aliphatic heterocycles. The summed E-state index contributed by atoms with van der Waals surface area (Å²) >= 11 is 0. The van der Waals surface area contributed by atoms with Crippen LogP contribution in [0.5, 0.6) is 0 Å². The number of amides is 1. The molecule has 1 aromatic heterocycles. The lowest BCUT2D eigenvalue weighted by atomic mass is 10.5. The van der Waals surface area contributed by atoms with Crippen LogP contribution in [0.3, 0.4) is 0 Å². The summed E-state index contributed by atoms with van der Waals surface area (Å²) in [7, 11) is -3.71. The number of carbonyl (C=O) groups is 1. The summed E-state index contributed by atoms with van der Waals surface area (Å²) in [6.07, 6.45) is 1.42. The van der Waals surface area contributed by atoms with Crippen molar-refractivity contribution in [1.82, 2.24) is 15.0 Å². The smallest absolute Gasteiger partial charge is 0.244 e. The van der Waals surface area contributed by atoms with Gasteiger partial charge in [-0.1, -0.05) is 0 Å². The van der Waals surface area contributed by atoms with Gasteiger partial charge in [-0.3, -0.25) is 4.79 Å². The molecule has 0 aliphatic carbocycles. The van der Waals surface area contributed by atoms with Gasteiger partial charge < -0.3 is 10.7 Å². The van der Waals surface area contributed by atoms with Crippen LogP contribution in [0.4, 0.5) is 5.82 Å². The van der Waals surface area contributed by atoms with E-state index in [1.54, 1.807) is 0 Å². The molecule has 0 bridgehead atoms. The van der Waals surface area contributed by atoms with Crippen LogP contribution < -0.4 is 21.3 Å². The van der Waals surface area contributed by atoms with E-state index in [9.17, 15) is 13.2 Å². The first kappa shape index (κ1) is 14.4. The summed E-state index contributed by atoms with van der Waals surface area (Å²) < 4.78 is 26.1. The van der Waals surface area contributed by atoms with E-state index in [4.69, 9.17) is 5.84 Å². The fraction of sp³-hybridized carbons (Fsp3) is 0.333. The molecule has 100 valence electrons. The summed E-state index contributed by atoms with van der Waals surface area (Å²) in [5.74, 6) is 5.02. The molecule has 5 N–H and O–H groups in total. The molecule has 0 unspecified atom stereocenters. The minimum Gasteiger partial charge on any atom is -0.355 e. The second-order valence-electron chi connectivity index (χ2n) is 3.38. The first-order valence-corrected chi connectivity index (χ1v) is 6.61. The van der Waals surface area contributed by atoms with E-state index in [0.29, 0.717) is 0 Å². The van der Waals surface area contributed by atoms with E-state index in [1.807, 2.05) is 0 Å². The van der Waals surface area contributed by atoms with Crippen LogP contribution in [-0.4, -0.2) is 32.4 Å². The largest absolute Gasteiger partial charge is 0.355 e. The van der Waals surface area contributed by atoms with Gasteiger partial charge in [-0.15, -0.1) is 0 Å². The van der Waals surface area contributed by atoms with Crippen molar-refractivity contribution < 1.29 is 13.2 Å². The Morgan fingerprint density at radius 1 is 1.44 bits per heavy atom. The Bertz CT molecular complexity index is 517. The topological polar surface area (TPSA) is 126 Å². The Labute approximate surface area is 105 Å². The second kappa shape index (κ2) is 6.28. The van der Waals surface area contributed by atoms with Gasteiger partial charge in [0, 0.05) is 26.2 Å². The first-order valence-electron chi connectivity index (χ1n) is 5.13. The monoisotopic (exact) mass is 273 g/mol. The van der Waals surface area contributed by atoms with Crippen molar-refractivity contribution in [2.45, 2.75) is 11.8 Å². The Morgan fingerprint density at radius 3 is 2.78 bits per heavy atom. The number of rotatable bonds is 6. The molecule has 0 aliphatic rings. The van der Waals surface area contributed by atoms with Gasteiger partial charge >= 0.3 is 0 Å². The average Bonchev–Trinajstić information content (AvgIpc) is 2.34. The fourth-order valence-corrected chi connectivity index (χ4v) is 2.37. The molecule has 0 saturated carbocycles. The number of hydrogen-bond donors (Lipinski definition) is 4. The molecule has 0 saturated heterocycles. The molecule has 9 heteroatoms. The second-order valence-corrected chi connectivity index (χ2v) is 5.11. The van der Waals surface area contributed by atoms with Crippen molar-refractivity contribution in [3.63, 3.8) is 0 Å². The third kappa shape index (κ3) is 3.95. The molecular weight excluding hydrogens is 258 g/mol. The number of pyridine rings is 1. The van der Waals surface area contributed by atoms with E-state index in [2.05, 4.69) is 20.4 Å². The van der Waals surface area contributed by atoms with Crippen molar-refractivity contribution in [2.24, 2.45) is 5.84 Å². The lowest BCUT2D eigenvalue weighted by Gasteiger charge is -2.09. The number of anilines is 1. The molecule has 0 spiro atoms. The minimum absolute atomic E-state index is 0.0460. The fourth-order valence-electron chi connectivity index (χ4n) is 1.22. The number of nitrogens with zero attached hydrogens (tertiary/aromatic N) is 1. The maximum absolute atomic E-state index is 11.9. The van der Waals surface area contributed by atoms with Crippen LogP contribution in [0.25, 0.3) is 0 Å². The molecular formula is C9H15N5O3S. The number of nitrogen functional groups attached to an aromatic ring is 1. The summed E-state index contributed by atoms with van der Waals surface area (Å²) in [5.41, 5.74) is 2.21. The molecule has 8 nitrogen and oxygen atoms in total. The number of nitrogens with two attached hydrogens (primary N) is 1. The van der Waals surface area contributed by atoms with E-state index in [1.165, 1.54) is 25.3 Å². The molecule has 0 atom stereocenters. The minimum atomic E-state index is -3.71. The van der Waals surface area contributed by atoms with Gasteiger partial charge in [0.25, 0.3) is 0 Å². The number of hydrogen-bond acceptors (Lipinski definition) is 6. The number of hydrazine groups is 1. The molecule has 18 heavy (non-hydrogen) atoms. The molecule has 1 aromatic rings. The van der Waals surface area contributed by atoms with Crippen LogP contribution in [0, 0.1) is 0 Å². The quantitative estimate of drug-likeness (QED) is 0.292. The number of aromatic nitrogens is 1. The normalized spacial score (nSPS) is 11.0. The SMILES string of the molecule is CC(=O)NCCNS(=O)(=O)c1cccnc1NN. The van der Waals surface area contributed by atoms with E-state index in [-0.39, 0.29) is 29.7 Å². The van der Waals surface area contributed by atoms with Crippen LogP contribution in [0.15, 0.2) is 23.2 Å². The number of nitrogens with one attached hydrogen (secondary N) is 3. The molecule has 1 rings (SSSR count). The van der Waals surface area contributed by atoms with Crippen LogP contribution in [-0.2, 0) is 14.8 Å². The maximum Gasteiger partial charge on any atom is 0.244 e. The summed E-state index contributed by atoms with van der Waals surface area (Å²) in [4.78, 5) is 14.4. The maximum atomic E-state index is 11.9. The lowest BCUT2D eigenvalue weighted by Crippen LogP contribution is -2.34. The number of sulfonamides is 1. The van der Waals surface area contributed by atoms with Crippen LogP contribution >= 0.6 is 0 Å². The predicted octanol–water partition coefficient (Wildman–Crippen LogP) is -1.22. The van der Waals surface area contributed by atoms with Crippen LogP contribution in [0.2, 0.25) is 0 Å². The summed E-state index contributed by atoms with van der Waals surface area (Å²) in [5, 5.41) is 2.48. The Morgan fingerprint density at radius 2 is 2.17 bits per heavy atom. The Kier molecular flexibility index (Phi) is 5.01. The highest BCUT2D eigenvalue weighted by Crippen LogP contribution is 2.15. The van der Waals surface area contributed by atoms with E-state index < -0.39 is 10.0 Å². The Balaban J connectivity index is 2.71. The predicted molar refractivity (Wildman–Crippen MR) is 65.9 cm³/mol. The van der Waals surface area contributed by atoms with Gasteiger partial charge in [0.2, 0.25) is 15.9 Å². The molecule has 0 aromatic carbocycles. The first-order chi connectivity index (χ1) is 8.47. The average molecular weight is 273 g/mol. The third-order valence-electron chi connectivity index (χ3n) is 1.99. The van der Waals surface area contributed by atoms with Gasteiger partial charge in [-0.05, 0) is 12.1 Å². The molecule has 0 fully saturated rings. The van der Waals surface area contributed by atoms with Crippen molar-refractivity contribution in [3.05, 3.63) is 18.3 Å². The highest BCUT2D eigenvalue weighted by atomic mass is 32.2. The van der Waals surface area contributed by atoms with Gasteiger partial charge in [0.05, 0.1) is 0 Å². The standard InChI is InChI=1S/C9H15N5O3S/c1-7(15)11-5-6-13-18(16,17)8-3-2-4-12-9(8)14-10/h2-4,13H,5-6,10H2,1H3,(H,11,15)(H,12,14). The molecule has 0 radical (unpaired) electrons. The zero-order valence-electron chi connectivity index (χ0n) is 9.80. The third-order valence-corrected chi connectivity index (χ3v) is 3.48. The van der Waals surface area contributed by atoms with E-state index >= 15 is 0 Å². The van der Waals surface area contributed by atoms with Gasteiger partial charge in [-0.2, -0.15) is 0 Å². The highest BCUT2D eigenvalue weighted by Gasteiger charge is 2.18. The van der Waals surface area contributed by atoms with Crippen LogP contribution in [0.1, 0.15) is 6.92 Å². The van der Waals surface area contributed by atoms with Crippen molar-refractivity contribution in [3.8, 4) is 0 Å². The number of carbonyl (C=O) groups excluding carboxylic acids is 1.